The first-order valence-corrected chi connectivity index (χ1v) is 8.25. The minimum absolute atomic E-state index is 0.0987. The molecule has 0 radical (unpaired) electrons. The van der Waals surface area contributed by atoms with Crippen LogP contribution in [0.2, 0.25) is 0 Å². The molecule has 5 nitrogen and oxygen atoms in total. The van der Waals surface area contributed by atoms with E-state index in [9.17, 15) is 4.79 Å². The molecule has 20 heavy (non-hydrogen) atoms. The molecule has 1 aromatic rings. The Hall–Kier alpha value is -1.04. The van der Waals surface area contributed by atoms with Crippen LogP contribution in [0.5, 0.6) is 0 Å². The molecular weight excluding hydrogens is 272 g/mol. The van der Waals surface area contributed by atoms with Gasteiger partial charge in [0.25, 0.3) is 0 Å². The maximum atomic E-state index is 12.1. The Morgan fingerprint density at radius 1 is 1.40 bits per heavy atom. The molecule has 0 aliphatic heterocycles. The highest BCUT2D eigenvalue weighted by molar-refractivity contribution is 7.99. The monoisotopic (exact) mass is 296 g/mol. The highest BCUT2D eigenvalue weighted by atomic mass is 32.2. The van der Waals surface area contributed by atoms with Gasteiger partial charge >= 0.3 is 0 Å². The van der Waals surface area contributed by atoms with Crippen LogP contribution in [0.15, 0.2) is 5.16 Å². The predicted molar refractivity (Wildman–Crippen MR) is 80.6 cm³/mol. The van der Waals surface area contributed by atoms with Gasteiger partial charge in [-0.15, -0.1) is 10.2 Å². The third-order valence-electron chi connectivity index (χ3n) is 4.44. The summed E-state index contributed by atoms with van der Waals surface area (Å²) in [7, 11) is 1.92. The van der Waals surface area contributed by atoms with E-state index in [1.807, 2.05) is 18.5 Å². The van der Waals surface area contributed by atoms with Gasteiger partial charge in [-0.2, -0.15) is 0 Å². The van der Waals surface area contributed by atoms with Crippen LogP contribution < -0.4 is 5.32 Å². The van der Waals surface area contributed by atoms with E-state index in [4.69, 9.17) is 0 Å². The minimum Gasteiger partial charge on any atom is -0.352 e. The van der Waals surface area contributed by atoms with Crippen molar-refractivity contribution in [2.75, 3.05) is 5.75 Å². The number of amides is 1. The molecule has 0 aromatic carbocycles. The summed E-state index contributed by atoms with van der Waals surface area (Å²) in [5, 5.41) is 12.0. The number of hydrogen-bond acceptors (Lipinski definition) is 4. The number of rotatable bonds is 4. The van der Waals surface area contributed by atoms with Crippen LogP contribution >= 0.6 is 11.8 Å². The molecule has 0 spiro atoms. The van der Waals surface area contributed by atoms with Crippen molar-refractivity contribution in [3.05, 3.63) is 5.82 Å². The lowest BCUT2D eigenvalue weighted by Gasteiger charge is -2.34. The van der Waals surface area contributed by atoms with Gasteiger partial charge in [0, 0.05) is 13.1 Å². The van der Waals surface area contributed by atoms with Crippen LogP contribution in [0, 0.1) is 18.8 Å². The van der Waals surface area contributed by atoms with Crippen LogP contribution in [0.3, 0.4) is 0 Å². The average molecular weight is 296 g/mol. The first-order chi connectivity index (χ1) is 9.49. The van der Waals surface area contributed by atoms with Gasteiger partial charge in [0.1, 0.15) is 5.82 Å². The van der Waals surface area contributed by atoms with Crippen molar-refractivity contribution in [1.82, 2.24) is 20.1 Å². The van der Waals surface area contributed by atoms with Gasteiger partial charge in [-0.05, 0) is 25.2 Å². The Morgan fingerprint density at radius 3 is 2.80 bits per heavy atom. The van der Waals surface area contributed by atoms with Crippen molar-refractivity contribution in [2.24, 2.45) is 18.9 Å². The van der Waals surface area contributed by atoms with Crippen LogP contribution in [-0.2, 0) is 11.8 Å². The first kappa shape index (κ1) is 15.4. The highest BCUT2D eigenvalue weighted by Crippen LogP contribution is 2.29. The van der Waals surface area contributed by atoms with Gasteiger partial charge in [-0.1, -0.05) is 38.5 Å². The van der Waals surface area contributed by atoms with Crippen LogP contribution in [0.4, 0.5) is 0 Å². The molecule has 1 aromatic heterocycles. The summed E-state index contributed by atoms with van der Waals surface area (Å²) in [5.74, 6) is 2.63. The molecule has 0 bridgehead atoms. The topological polar surface area (TPSA) is 59.8 Å². The normalized spacial score (nSPS) is 26.5. The smallest absolute Gasteiger partial charge is 0.230 e. The van der Waals surface area contributed by atoms with Gasteiger partial charge in [0.05, 0.1) is 5.75 Å². The Labute approximate surface area is 124 Å². The Kier molecular flexibility index (Phi) is 5.07. The summed E-state index contributed by atoms with van der Waals surface area (Å²) >= 11 is 1.44. The Bertz CT molecular complexity index is 474. The van der Waals surface area contributed by atoms with E-state index >= 15 is 0 Å². The van der Waals surface area contributed by atoms with E-state index in [1.165, 1.54) is 24.6 Å². The van der Waals surface area contributed by atoms with E-state index in [0.29, 0.717) is 23.6 Å². The number of aryl methyl sites for hydroxylation is 1. The summed E-state index contributed by atoms with van der Waals surface area (Å²) < 4.78 is 1.91. The third-order valence-corrected chi connectivity index (χ3v) is 5.46. The van der Waals surface area contributed by atoms with Crippen molar-refractivity contribution in [1.29, 1.82) is 0 Å². The van der Waals surface area contributed by atoms with Crippen LogP contribution in [-0.4, -0.2) is 32.5 Å². The third kappa shape index (κ3) is 3.53. The zero-order chi connectivity index (χ0) is 14.7. The van der Waals surface area contributed by atoms with E-state index in [1.54, 1.807) is 0 Å². The zero-order valence-corrected chi connectivity index (χ0v) is 13.5. The van der Waals surface area contributed by atoms with Gasteiger partial charge < -0.3 is 9.88 Å². The lowest BCUT2D eigenvalue weighted by molar-refractivity contribution is -0.120. The molecule has 0 saturated heterocycles. The SMILES string of the molecule is Cc1nnc(SCC(=O)N[C@@H]2CCC[C@H](C)[C@@H]2C)n1C. The number of nitrogens with one attached hydrogen (secondary N) is 1. The lowest BCUT2D eigenvalue weighted by Crippen LogP contribution is -2.44. The molecule has 1 fully saturated rings. The largest absolute Gasteiger partial charge is 0.352 e. The molecule has 1 heterocycles. The first-order valence-electron chi connectivity index (χ1n) is 7.27. The second-order valence-electron chi connectivity index (χ2n) is 5.82. The lowest BCUT2D eigenvalue weighted by atomic mass is 9.78. The van der Waals surface area contributed by atoms with Crippen molar-refractivity contribution in [3.63, 3.8) is 0 Å². The molecule has 3 atom stereocenters. The Balaban J connectivity index is 1.82. The predicted octanol–water partition coefficient (Wildman–Crippen LogP) is 2.16. The molecule has 1 saturated carbocycles. The van der Waals surface area contributed by atoms with E-state index in [0.717, 1.165) is 17.4 Å². The molecular formula is C14H24N4OS. The van der Waals surface area contributed by atoms with Gasteiger partial charge in [0.2, 0.25) is 5.91 Å². The molecule has 1 aliphatic rings. The van der Waals surface area contributed by atoms with Crippen molar-refractivity contribution in [2.45, 2.75) is 51.2 Å². The second-order valence-corrected chi connectivity index (χ2v) is 6.76. The number of nitrogens with zero attached hydrogens (tertiary/aromatic N) is 3. The quantitative estimate of drug-likeness (QED) is 0.865. The second kappa shape index (κ2) is 6.61. The minimum atomic E-state index is 0.0987. The van der Waals surface area contributed by atoms with Crippen molar-refractivity contribution < 1.29 is 4.79 Å². The fraction of sp³-hybridized carbons (Fsp3) is 0.786. The number of carbonyl (C=O) groups is 1. The van der Waals surface area contributed by atoms with Crippen LogP contribution in [0.25, 0.3) is 0 Å². The van der Waals surface area contributed by atoms with Gasteiger partial charge in [0.15, 0.2) is 5.16 Å². The highest BCUT2D eigenvalue weighted by Gasteiger charge is 2.28. The fourth-order valence-corrected chi connectivity index (χ4v) is 3.45. The Morgan fingerprint density at radius 2 is 2.15 bits per heavy atom. The molecule has 0 unspecified atom stereocenters. The van der Waals surface area contributed by atoms with Crippen molar-refractivity contribution in [3.8, 4) is 0 Å². The van der Waals surface area contributed by atoms with Crippen molar-refractivity contribution >= 4 is 17.7 Å². The molecule has 112 valence electrons. The van der Waals surface area contributed by atoms with E-state index in [2.05, 4.69) is 29.4 Å². The maximum absolute atomic E-state index is 12.1. The number of carbonyl (C=O) groups excluding carboxylic acids is 1. The fourth-order valence-electron chi connectivity index (χ4n) is 2.68. The maximum Gasteiger partial charge on any atom is 0.230 e. The number of hydrogen-bond donors (Lipinski definition) is 1. The summed E-state index contributed by atoms with van der Waals surface area (Å²) in [6.07, 6.45) is 3.59. The van der Waals surface area contributed by atoms with E-state index < -0.39 is 0 Å². The van der Waals surface area contributed by atoms with Crippen LogP contribution in [0.1, 0.15) is 38.9 Å². The molecule has 2 rings (SSSR count). The summed E-state index contributed by atoms with van der Waals surface area (Å²) in [5.41, 5.74) is 0. The van der Waals surface area contributed by atoms with Gasteiger partial charge in [-0.25, -0.2) is 0 Å². The summed E-state index contributed by atoms with van der Waals surface area (Å²) in [6.45, 7) is 6.43. The average Bonchev–Trinajstić information content (AvgIpc) is 2.73. The zero-order valence-electron chi connectivity index (χ0n) is 12.7. The van der Waals surface area contributed by atoms with Gasteiger partial charge in [-0.3, -0.25) is 4.79 Å². The molecule has 1 N–H and O–H groups in total. The standard InChI is InChI=1S/C14H24N4OS/c1-9-6-5-7-12(10(9)2)15-13(19)8-20-14-17-16-11(3)18(14)4/h9-10,12H,5-8H2,1-4H3,(H,15,19)/t9-,10-,12+/m0/s1. The van der Waals surface area contributed by atoms with E-state index in [-0.39, 0.29) is 5.91 Å². The molecule has 1 aliphatic carbocycles. The summed E-state index contributed by atoms with van der Waals surface area (Å²) in [6, 6.07) is 0.327. The number of thioether (sulfide) groups is 1. The molecule has 6 heteroatoms. The molecule has 1 amide bonds. The summed E-state index contributed by atoms with van der Waals surface area (Å²) in [4.78, 5) is 12.1. The number of aromatic nitrogens is 3.